The molecule has 6 heteroatoms. The van der Waals surface area contributed by atoms with E-state index in [1.165, 1.54) is 12.1 Å². The number of hydrogen-bond acceptors (Lipinski definition) is 2. The molecule has 1 amide bonds. The molecular formula is C29H23ClFN3O. The first-order valence-corrected chi connectivity index (χ1v) is 11.7. The smallest absolute Gasteiger partial charge is 0.225 e. The van der Waals surface area contributed by atoms with E-state index in [1.54, 1.807) is 24.4 Å². The number of anilines is 1. The van der Waals surface area contributed by atoms with Gasteiger partial charge in [0.25, 0.3) is 0 Å². The summed E-state index contributed by atoms with van der Waals surface area (Å²) in [5, 5.41) is 4.46. The van der Waals surface area contributed by atoms with E-state index in [-0.39, 0.29) is 24.1 Å². The molecule has 2 aromatic heterocycles. The Bertz CT molecular complexity index is 1450. The third kappa shape index (κ3) is 5.26. The minimum absolute atomic E-state index is 0.0912. The number of carbonyl (C=O) groups excluding carboxylic acids is 1. The van der Waals surface area contributed by atoms with Crippen LogP contribution in [0.15, 0.2) is 103 Å². The van der Waals surface area contributed by atoms with Gasteiger partial charge in [-0.25, -0.2) is 9.37 Å². The van der Waals surface area contributed by atoms with Crippen molar-refractivity contribution in [3.05, 3.63) is 131 Å². The number of pyridine rings is 1. The molecule has 0 fully saturated rings. The van der Waals surface area contributed by atoms with Gasteiger partial charge in [0.15, 0.2) is 0 Å². The fraction of sp³-hybridized carbons (Fsp3) is 0.103. The summed E-state index contributed by atoms with van der Waals surface area (Å²) in [6.45, 7) is 0.586. The van der Waals surface area contributed by atoms with E-state index in [9.17, 15) is 9.18 Å². The second-order valence-corrected chi connectivity index (χ2v) is 8.83. The third-order valence-corrected chi connectivity index (χ3v) is 6.28. The van der Waals surface area contributed by atoms with E-state index in [0.29, 0.717) is 11.7 Å². The molecule has 0 saturated heterocycles. The van der Waals surface area contributed by atoms with Crippen molar-refractivity contribution < 1.29 is 9.18 Å². The average molecular weight is 484 g/mol. The SMILES string of the molecule is O=C(CC(c1ccc(Cl)nc1)c1cn(Cc2ccc(F)cc2)c2ccccc12)Nc1ccccc1. The second-order valence-electron chi connectivity index (χ2n) is 8.44. The number of hydrogen-bond donors (Lipinski definition) is 1. The highest BCUT2D eigenvalue weighted by Crippen LogP contribution is 2.35. The van der Waals surface area contributed by atoms with E-state index in [2.05, 4.69) is 33.2 Å². The fourth-order valence-corrected chi connectivity index (χ4v) is 4.50. The van der Waals surface area contributed by atoms with Gasteiger partial charge in [-0.05, 0) is 53.1 Å². The van der Waals surface area contributed by atoms with Gasteiger partial charge < -0.3 is 9.88 Å². The molecule has 2 heterocycles. The van der Waals surface area contributed by atoms with Gasteiger partial charge in [-0.15, -0.1) is 0 Å². The predicted molar refractivity (Wildman–Crippen MR) is 138 cm³/mol. The van der Waals surface area contributed by atoms with Crippen molar-refractivity contribution in [3.8, 4) is 0 Å². The Morgan fingerprint density at radius 1 is 0.943 bits per heavy atom. The molecule has 0 radical (unpaired) electrons. The molecule has 4 nitrogen and oxygen atoms in total. The minimum Gasteiger partial charge on any atom is -0.343 e. The lowest BCUT2D eigenvalue weighted by Crippen LogP contribution is -2.16. The predicted octanol–water partition coefficient (Wildman–Crippen LogP) is 7.04. The number of halogens is 2. The van der Waals surface area contributed by atoms with Gasteiger partial charge >= 0.3 is 0 Å². The van der Waals surface area contributed by atoms with Crippen molar-refractivity contribution in [1.82, 2.24) is 9.55 Å². The van der Waals surface area contributed by atoms with Crippen LogP contribution in [0.4, 0.5) is 10.1 Å². The summed E-state index contributed by atoms with van der Waals surface area (Å²) < 4.78 is 15.6. The zero-order valence-corrected chi connectivity index (χ0v) is 19.6. The zero-order chi connectivity index (χ0) is 24.2. The number of para-hydroxylation sites is 2. The molecule has 174 valence electrons. The topological polar surface area (TPSA) is 46.9 Å². The van der Waals surface area contributed by atoms with Crippen LogP contribution in [-0.2, 0) is 11.3 Å². The van der Waals surface area contributed by atoms with E-state index in [1.807, 2.05) is 48.5 Å². The molecule has 0 aliphatic carbocycles. The Morgan fingerprint density at radius 3 is 2.43 bits per heavy atom. The largest absolute Gasteiger partial charge is 0.343 e. The number of benzene rings is 3. The van der Waals surface area contributed by atoms with Crippen molar-refractivity contribution in [1.29, 1.82) is 0 Å². The molecule has 1 N–H and O–H groups in total. The Balaban J connectivity index is 1.54. The summed E-state index contributed by atoms with van der Waals surface area (Å²) in [7, 11) is 0. The number of aromatic nitrogens is 2. The van der Waals surface area contributed by atoms with E-state index in [0.717, 1.165) is 33.3 Å². The molecule has 1 unspecified atom stereocenters. The number of fused-ring (bicyclic) bond motifs is 1. The number of nitrogens with one attached hydrogen (secondary N) is 1. The monoisotopic (exact) mass is 483 g/mol. The summed E-state index contributed by atoms with van der Waals surface area (Å²) >= 11 is 6.05. The van der Waals surface area contributed by atoms with E-state index >= 15 is 0 Å². The average Bonchev–Trinajstić information content (AvgIpc) is 3.23. The van der Waals surface area contributed by atoms with Crippen LogP contribution >= 0.6 is 11.6 Å². The summed E-state index contributed by atoms with van der Waals surface area (Å²) in [5.41, 5.74) is 4.72. The Kier molecular flexibility index (Phi) is 6.59. The normalized spacial score (nSPS) is 11.9. The molecule has 35 heavy (non-hydrogen) atoms. The Labute approximate surface area is 208 Å². The van der Waals surface area contributed by atoms with Gasteiger partial charge in [0.05, 0.1) is 0 Å². The van der Waals surface area contributed by atoms with Crippen LogP contribution in [0.25, 0.3) is 10.9 Å². The summed E-state index contributed by atoms with van der Waals surface area (Å²) in [6, 6.07) is 27.7. The van der Waals surface area contributed by atoms with Crippen molar-refractivity contribution >= 4 is 34.1 Å². The second kappa shape index (κ2) is 10.1. The fourth-order valence-electron chi connectivity index (χ4n) is 4.39. The lowest BCUT2D eigenvalue weighted by molar-refractivity contribution is -0.116. The zero-order valence-electron chi connectivity index (χ0n) is 18.9. The third-order valence-electron chi connectivity index (χ3n) is 6.06. The molecule has 1 atom stereocenters. The van der Waals surface area contributed by atoms with Gasteiger partial charge in [0, 0.05) is 47.9 Å². The highest BCUT2D eigenvalue weighted by molar-refractivity contribution is 6.29. The van der Waals surface area contributed by atoms with Gasteiger partial charge in [-0.3, -0.25) is 4.79 Å². The number of carbonyl (C=O) groups is 1. The van der Waals surface area contributed by atoms with E-state index < -0.39 is 0 Å². The molecule has 5 aromatic rings. The molecule has 0 saturated carbocycles. The van der Waals surface area contributed by atoms with Crippen LogP contribution in [0.1, 0.15) is 29.0 Å². The number of amides is 1. The molecular weight excluding hydrogens is 461 g/mol. The van der Waals surface area contributed by atoms with Crippen LogP contribution in [0, 0.1) is 5.82 Å². The molecule has 5 rings (SSSR count). The van der Waals surface area contributed by atoms with Crippen LogP contribution in [0.5, 0.6) is 0 Å². The van der Waals surface area contributed by atoms with E-state index in [4.69, 9.17) is 11.6 Å². The maximum absolute atomic E-state index is 13.4. The van der Waals surface area contributed by atoms with Crippen LogP contribution in [0.3, 0.4) is 0 Å². The van der Waals surface area contributed by atoms with Crippen LogP contribution < -0.4 is 5.32 Å². The van der Waals surface area contributed by atoms with Gasteiger partial charge in [-0.2, -0.15) is 0 Å². The minimum atomic E-state index is -0.258. The summed E-state index contributed by atoms with van der Waals surface area (Å²) in [5.74, 6) is -0.583. The van der Waals surface area contributed by atoms with Crippen molar-refractivity contribution in [2.45, 2.75) is 18.9 Å². The first-order valence-electron chi connectivity index (χ1n) is 11.4. The quantitative estimate of drug-likeness (QED) is 0.252. The van der Waals surface area contributed by atoms with Gasteiger partial charge in [0.1, 0.15) is 11.0 Å². The first-order chi connectivity index (χ1) is 17.1. The lowest BCUT2D eigenvalue weighted by Gasteiger charge is -2.17. The van der Waals surface area contributed by atoms with Gasteiger partial charge in [-0.1, -0.05) is 66.2 Å². The highest BCUT2D eigenvalue weighted by Gasteiger charge is 2.23. The maximum atomic E-state index is 13.4. The summed E-state index contributed by atoms with van der Waals surface area (Å²) in [6.07, 6.45) is 4.06. The molecule has 0 aliphatic heterocycles. The number of rotatable bonds is 7. The molecule has 0 aliphatic rings. The molecule has 0 spiro atoms. The number of nitrogens with zero attached hydrogens (tertiary/aromatic N) is 2. The molecule has 0 bridgehead atoms. The first kappa shape index (κ1) is 22.8. The van der Waals surface area contributed by atoms with Crippen molar-refractivity contribution in [3.63, 3.8) is 0 Å². The van der Waals surface area contributed by atoms with Crippen molar-refractivity contribution in [2.24, 2.45) is 0 Å². The highest BCUT2D eigenvalue weighted by atomic mass is 35.5. The van der Waals surface area contributed by atoms with Crippen LogP contribution in [0.2, 0.25) is 5.15 Å². The maximum Gasteiger partial charge on any atom is 0.225 e. The lowest BCUT2D eigenvalue weighted by atomic mass is 9.89. The molecule has 3 aromatic carbocycles. The van der Waals surface area contributed by atoms with Crippen molar-refractivity contribution in [2.75, 3.05) is 5.32 Å². The standard InChI is InChI=1S/C29H23ClFN3O/c30-28-15-12-21(17-32-28)25(16-29(35)33-23-6-2-1-3-7-23)26-19-34(27-9-5-4-8-24(26)27)18-20-10-13-22(31)14-11-20/h1-15,17,19,25H,16,18H2,(H,33,35). The Morgan fingerprint density at radius 2 is 1.69 bits per heavy atom. The Hall–Kier alpha value is -3.96. The van der Waals surface area contributed by atoms with Gasteiger partial charge in [0.2, 0.25) is 5.91 Å². The summed E-state index contributed by atoms with van der Waals surface area (Å²) in [4.78, 5) is 17.4. The van der Waals surface area contributed by atoms with Crippen LogP contribution in [-0.4, -0.2) is 15.5 Å².